The molecule has 0 unspecified atom stereocenters. The molecule has 0 fully saturated rings. The van der Waals surface area contributed by atoms with E-state index in [1.165, 1.54) is 0 Å². The molecule has 0 saturated heterocycles. The molecule has 5 nitrogen and oxygen atoms in total. The van der Waals surface area contributed by atoms with Gasteiger partial charge in [-0.2, -0.15) is 11.8 Å². The molecule has 4 N–H and O–H groups in total. The second-order valence-electron chi connectivity index (χ2n) is 6.01. The Kier molecular flexibility index (Phi) is 8.12. The Labute approximate surface area is 142 Å². The molecule has 0 spiro atoms. The quantitative estimate of drug-likeness (QED) is 0.680. The fourth-order valence-electron chi connectivity index (χ4n) is 1.95. The molecule has 0 aromatic heterocycles. The minimum absolute atomic E-state index is 0.101. The topological polar surface area (TPSA) is 84.2 Å². The van der Waals surface area contributed by atoms with Gasteiger partial charge in [0.2, 0.25) is 5.91 Å². The SMILES string of the molecule is CSCC[C@H](N)C(=O)Nc1ccc(C(=O)NCC(C)C)cc1C. The van der Waals surface area contributed by atoms with Crippen LogP contribution in [0.25, 0.3) is 0 Å². The van der Waals surface area contributed by atoms with Crippen molar-refractivity contribution in [3.05, 3.63) is 29.3 Å². The van der Waals surface area contributed by atoms with Gasteiger partial charge in [-0.05, 0) is 55.0 Å². The van der Waals surface area contributed by atoms with Crippen LogP contribution < -0.4 is 16.4 Å². The maximum absolute atomic E-state index is 12.0. The van der Waals surface area contributed by atoms with E-state index in [1.54, 1.807) is 30.0 Å². The van der Waals surface area contributed by atoms with E-state index in [0.717, 1.165) is 11.3 Å². The number of amides is 2. The van der Waals surface area contributed by atoms with E-state index in [9.17, 15) is 9.59 Å². The van der Waals surface area contributed by atoms with Gasteiger partial charge in [-0.3, -0.25) is 9.59 Å². The van der Waals surface area contributed by atoms with Crippen molar-refractivity contribution in [3.8, 4) is 0 Å². The summed E-state index contributed by atoms with van der Waals surface area (Å²) in [5.41, 5.74) is 7.98. The van der Waals surface area contributed by atoms with Crippen LogP contribution in [0.5, 0.6) is 0 Å². The normalized spacial score (nSPS) is 12.1. The lowest BCUT2D eigenvalue weighted by molar-refractivity contribution is -0.117. The summed E-state index contributed by atoms with van der Waals surface area (Å²) in [7, 11) is 0. The number of aryl methyl sites for hydroxylation is 1. The van der Waals surface area contributed by atoms with Crippen molar-refractivity contribution in [2.45, 2.75) is 33.2 Å². The average Bonchev–Trinajstić information content (AvgIpc) is 2.51. The van der Waals surface area contributed by atoms with Gasteiger partial charge in [-0.15, -0.1) is 0 Å². The van der Waals surface area contributed by atoms with Gasteiger partial charge in [-0.25, -0.2) is 0 Å². The number of benzene rings is 1. The van der Waals surface area contributed by atoms with Crippen LogP contribution in [0.2, 0.25) is 0 Å². The molecule has 1 aromatic carbocycles. The first kappa shape index (κ1) is 19.5. The van der Waals surface area contributed by atoms with Crippen molar-refractivity contribution in [2.75, 3.05) is 23.9 Å². The lowest BCUT2D eigenvalue weighted by Gasteiger charge is -2.14. The number of carbonyl (C=O) groups is 2. The fourth-order valence-corrected chi connectivity index (χ4v) is 2.44. The van der Waals surface area contributed by atoms with Crippen molar-refractivity contribution < 1.29 is 9.59 Å². The van der Waals surface area contributed by atoms with Gasteiger partial charge in [0.25, 0.3) is 5.91 Å². The minimum atomic E-state index is -0.518. The van der Waals surface area contributed by atoms with Crippen LogP contribution in [0.3, 0.4) is 0 Å². The third kappa shape index (κ3) is 6.62. The largest absolute Gasteiger partial charge is 0.352 e. The molecule has 6 heteroatoms. The van der Waals surface area contributed by atoms with E-state index >= 15 is 0 Å². The summed E-state index contributed by atoms with van der Waals surface area (Å²) in [6, 6.07) is 4.72. The molecule has 0 aliphatic carbocycles. The summed E-state index contributed by atoms with van der Waals surface area (Å²) in [4.78, 5) is 24.1. The standard InChI is InChI=1S/C17H27N3O2S/c1-11(2)10-19-16(21)13-5-6-15(12(3)9-13)20-17(22)14(18)7-8-23-4/h5-6,9,11,14H,7-8,10,18H2,1-4H3,(H,19,21)(H,20,22)/t14-/m0/s1. The van der Waals surface area contributed by atoms with Gasteiger partial charge in [-0.1, -0.05) is 13.8 Å². The number of thioether (sulfide) groups is 1. The van der Waals surface area contributed by atoms with Crippen LogP contribution in [0, 0.1) is 12.8 Å². The summed E-state index contributed by atoms with van der Waals surface area (Å²) >= 11 is 1.66. The lowest BCUT2D eigenvalue weighted by Crippen LogP contribution is -2.36. The first-order chi connectivity index (χ1) is 10.8. The van der Waals surface area contributed by atoms with Gasteiger partial charge < -0.3 is 16.4 Å². The number of rotatable bonds is 8. The van der Waals surface area contributed by atoms with Gasteiger partial charge in [0.15, 0.2) is 0 Å². The van der Waals surface area contributed by atoms with Crippen molar-refractivity contribution in [1.82, 2.24) is 5.32 Å². The molecule has 2 amide bonds. The highest BCUT2D eigenvalue weighted by Crippen LogP contribution is 2.17. The van der Waals surface area contributed by atoms with E-state index in [-0.39, 0.29) is 11.8 Å². The molecule has 0 heterocycles. The highest BCUT2D eigenvalue weighted by Gasteiger charge is 2.15. The van der Waals surface area contributed by atoms with E-state index < -0.39 is 6.04 Å². The Balaban J connectivity index is 2.69. The molecule has 23 heavy (non-hydrogen) atoms. The number of hydrogen-bond acceptors (Lipinski definition) is 4. The molecule has 0 bridgehead atoms. The Morgan fingerprint density at radius 2 is 2.00 bits per heavy atom. The number of hydrogen-bond donors (Lipinski definition) is 3. The molecule has 0 saturated carbocycles. The molecule has 0 aliphatic rings. The van der Waals surface area contributed by atoms with Gasteiger partial charge in [0, 0.05) is 17.8 Å². The second kappa shape index (κ2) is 9.57. The Morgan fingerprint density at radius 3 is 2.57 bits per heavy atom. The number of nitrogens with two attached hydrogens (primary N) is 1. The number of carbonyl (C=O) groups excluding carboxylic acids is 2. The zero-order chi connectivity index (χ0) is 17.4. The molecule has 1 rings (SSSR count). The van der Waals surface area contributed by atoms with E-state index in [4.69, 9.17) is 5.73 Å². The predicted octanol–water partition coefficient (Wildman–Crippen LogP) is 2.40. The van der Waals surface area contributed by atoms with Crippen molar-refractivity contribution in [3.63, 3.8) is 0 Å². The monoisotopic (exact) mass is 337 g/mol. The van der Waals surface area contributed by atoms with E-state index in [1.807, 2.05) is 27.0 Å². The van der Waals surface area contributed by atoms with Crippen LogP contribution in [0.4, 0.5) is 5.69 Å². The molecule has 1 atom stereocenters. The van der Waals surface area contributed by atoms with Gasteiger partial charge in [0.05, 0.1) is 6.04 Å². The summed E-state index contributed by atoms with van der Waals surface area (Å²) in [5.74, 6) is 0.958. The summed E-state index contributed by atoms with van der Waals surface area (Å²) < 4.78 is 0. The first-order valence-electron chi connectivity index (χ1n) is 7.79. The maximum atomic E-state index is 12.0. The van der Waals surface area contributed by atoms with Crippen molar-refractivity contribution >= 4 is 29.3 Å². The zero-order valence-electron chi connectivity index (χ0n) is 14.3. The average molecular weight is 337 g/mol. The molecular formula is C17H27N3O2S. The van der Waals surface area contributed by atoms with Crippen LogP contribution in [-0.4, -0.2) is 36.4 Å². The summed E-state index contributed by atoms with van der Waals surface area (Å²) in [5, 5.41) is 5.71. The van der Waals surface area contributed by atoms with Crippen molar-refractivity contribution in [1.29, 1.82) is 0 Å². The third-order valence-electron chi connectivity index (χ3n) is 3.39. The van der Waals surface area contributed by atoms with Gasteiger partial charge in [0.1, 0.15) is 0 Å². The number of anilines is 1. The molecule has 0 radical (unpaired) electrons. The zero-order valence-corrected chi connectivity index (χ0v) is 15.1. The molecule has 0 aliphatic heterocycles. The highest BCUT2D eigenvalue weighted by atomic mass is 32.2. The second-order valence-corrected chi connectivity index (χ2v) is 7.00. The molecule has 1 aromatic rings. The van der Waals surface area contributed by atoms with Gasteiger partial charge >= 0.3 is 0 Å². The van der Waals surface area contributed by atoms with Crippen LogP contribution in [0.15, 0.2) is 18.2 Å². The van der Waals surface area contributed by atoms with Crippen LogP contribution in [-0.2, 0) is 4.79 Å². The third-order valence-corrected chi connectivity index (χ3v) is 4.03. The number of nitrogens with one attached hydrogen (secondary N) is 2. The Morgan fingerprint density at radius 1 is 1.30 bits per heavy atom. The predicted molar refractivity (Wildman–Crippen MR) is 98.0 cm³/mol. The van der Waals surface area contributed by atoms with Crippen LogP contribution >= 0.6 is 11.8 Å². The smallest absolute Gasteiger partial charge is 0.251 e. The fraction of sp³-hybridized carbons (Fsp3) is 0.529. The van der Waals surface area contributed by atoms with Crippen LogP contribution in [0.1, 0.15) is 36.2 Å². The Hall–Kier alpha value is -1.53. The van der Waals surface area contributed by atoms with Crippen molar-refractivity contribution in [2.24, 2.45) is 11.7 Å². The first-order valence-corrected chi connectivity index (χ1v) is 9.18. The highest BCUT2D eigenvalue weighted by molar-refractivity contribution is 7.98. The molecular weight excluding hydrogens is 310 g/mol. The van der Waals surface area contributed by atoms with E-state index in [0.29, 0.717) is 30.1 Å². The Bertz CT molecular complexity index is 547. The summed E-state index contributed by atoms with van der Waals surface area (Å²) in [6.07, 6.45) is 2.62. The maximum Gasteiger partial charge on any atom is 0.251 e. The lowest BCUT2D eigenvalue weighted by atomic mass is 10.1. The molecule has 128 valence electrons. The minimum Gasteiger partial charge on any atom is -0.352 e. The van der Waals surface area contributed by atoms with E-state index in [2.05, 4.69) is 10.6 Å². The summed E-state index contributed by atoms with van der Waals surface area (Å²) in [6.45, 7) is 6.60.